The van der Waals surface area contributed by atoms with Crippen LogP contribution < -0.4 is 5.73 Å². The van der Waals surface area contributed by atoms with E-state index in [-0.39, 0.29) is 6.04 Å². The Labute approximate surface area is 118 Å². The SMILES string of the molecule is CCc1cccc(C(N)c2cc(Cl)cc(Cl)c2)c1. The quantitative estimate of drug-likeness (QED) is 0.873. The van der Waals surface area contributed by atoms with Crippen LogP contribution in [0.3, 0.4) is 0 Å². The van der Waals surface area contributed by atoms with Gasteiger partial charge in [-0.15, -0.1) is 0 Å². The van der Waals surface area contributed by atoms with Crippen molar-refractivity contribution in [3.63, 3.8) is 0 Å². The van der Waals surface area contributed by atoms with Crippen molar-refractivity contribution in [2.75, 3.05) is 0 Å². The van der Waals surface area contributed by atoms with Gasteiger partial charge in [0, 0.05) is 10.0 Å². The van der Waals surface area contributed by atoms with E-state index >= 15 is 0 Å². The Hall–Kier alpha value is -1.02. The first-order valence-electron chi connectivity index (χ1n) is 5.90. The maximum Gasteiger partial charge on any atom is 0.0552 e. The summed E-state index contributed by atoms with van der Waals surface area (Å²) in [4.78, 5) is 0. The lowest BCUT2D eigenvalue weighted by Gasteiger charge is -2.14. The fraction of sp³-hybridized carbons (Fsp3) is 0.200. The minimum Gasteiger partial charge on any atom is -0.320 e. The van der Waals surface area contributed by atoms with Crippen LogP contribution in [0.4, 0.5) is 0 Å². The monoisotopic (exact) mass is 279 g/mol. The van der Waals surface area contributed by atoms with E-state index in [1.807, 2.05) is 24.3 Å². The number of benzene rings is 2. The highest BCUT2D eigenvalue weighted by atomic mass is 35.5. The van der Waals surface area contributed by atoms with Gasteiger partial charge in [-0.2, -0.15) is 0 Å². The summed E-state index contributed by atoms with van der Waals surface area (Å²) in [6.07, 6.45) is 0.997. The molecule has 1 unspecified atom stereocenters. The molecule has 0 spiro atoms. The fourth-order valence-corrected chi connectivity index (χ4v) is 2.50. The smallest absolute Gasteiger partial charge is 0.0552 e. The zero-order valence-corrected chi connectivity index (χ0v) is 11.7. The molecule has 0 radical (unpaired) electrons. The molecule has 0 aliphatic carbocycles. The van der Waals surface area contributed by atoms with Crippen molar-refractivity contribution in [1.82, 2.24) is 0 Å². The molecule has 0 fully saturated rings. The topological polar surface area (TPSA) is 26.0 Å². The predicted molar refractivity (Wildman–Crippen MR) is 78.3 cm³/mol. The van der Waals surface area contributed by atoms with Crippen LogP contribution in [-0.2, 0) is 6.42 Å². The number of aryl methyl sites for hydroxylation is 1. The van der Waals surface area contributed by atoms with E-state index in [0.717, 1.165) is 17.5 Å². The van der Waals surface area contributed by atoms with Gasteiger partial charge in [0.25, 0.3) is 0 Å². The molecule has 0 heterocycles. The predicted octanol–water partition coefficient (Wildman–Crippen LogP) is 4.60. The van der Waals surface area contributed by atoms with Crippen molar-refractivity contribution in [2.45, 2.75) is 19.4 Å². The van der Waals surface area contributed by atoms with Crippen LogP contribution in [0.1, 0.15) is 29.7 Å². The highest BCUT2D eigenvalue weighted by Crippen LogP contribution is 2.26. The summed E-state index contributed by atoms with van der Waals surface area (Å²) in [7, 11) is 0. The van der Waals surface area contributed by atoms with Gasteiger partial charge in [-0.25, -0.2) is 0 Å². The third-order valence-electron chi connectivity index (χ3n) is 2.96. The van der Waals surface area contributed by atoms with E-state index in [1.165, 1.54) is 5.56 Å². The van der Waals surface area contributed by atoms with Gasteiger partial charge in [0.1, 0.15) is 0 Å². The number of hydrogen-bond acceptors (Lipinski definition) is 1. The molecule has 0 bridgehead atoms. The molecule has 0 aromatic heterocycles. The second-order valence-corrected chi connectivity index (χ2v) is 5.15. The molecule has 1 atom stereocenters. The van der Waals surface area contributed by atoms with Crippen LogP contribution in [0.5, 0.6) is 0 Å². The molecule has 2 aromatic carbocycles. The summed E-state index contributed by atoms with van der Waals surface area (Å²) >= 11 is 12.0. The van der Waals surface area contributed by atoms with Crippen LogP contribution in [-0.4, -0.2) is 0 Å². The van der Waals surface area contributed by atoms with Gasteiger partial charge >= 0.3 is 0 Å². The zero-order valence-electron chi connectivity index (χ0n) is 10.2. The molecule has 3 heteroatoms. The number of halogens is 2. The van der Waals surface area contributed by atoms with E-state index < -0.39 is 0 Å². The van der Waals surface area contributed by atoms with Gasteiger partial charge in [0.15, 0.2) is 0 Å². The maximum atomic E-state index is 6.26. The Morgan fingerprint density at radius 3 is 2.28 bits per heavy atom. The van der Waals surface area contributed by atoms with Crippen LogP contribution in [0.15, 0.2) is 42.5 Å². The maximum absolute atomic E-state index is 6.26. The van der Waals surface area contributed by atoms with Crippen molar-refractivity contribution in [2.24, 2.45) is 5.73 Å². The third-order valence-corrected chi connectivity index (χ3v) is 3.40. The van der Waals surface area contributed by atoms with Crippen LogP contribution in [0, 0.1) is 0 Å². The summed E-state index contributed by atoms with van der Waals surface area (Å²) in [5.41, 5.74) is 9.54. The van der Waals surface area contributed by atoms with Gasteiger partial charge in [0.05, 0.1) is 6.04 Å². The number of hydrogen-bond donors (Lipinski definition) is 1. The van der Waals surface area contributed by atoms with Crippen LogP contribution in [0.25, 0.3) is 0 Å². The second kappa shape index (κ2) is 5.75. The molecule has 0 saturated carbocycles. The third kappa shape index (κ3) is 3.05. The Morgan fingerprint density at radius 2 is 1.67 bits per heavy atom. The fourth-order valence-electron chi connectivity index (χ4n) is 1.95. The Balaban J connectivity index is 2.37. The van der Waals surface area contributed by atoms with E-state index in [0.29, 0.717) is 10.0 Å². The molecule has 18 heavy (non-hydrogen) atoms. The number of nitrogens with two attached hydrogens (primary N) is 1. The first-order valence-corrected chi connectivity index (χ1v) is 6.66. The minimum atomic E-state index is -0.201. The Bertz CT molecular complexity index is 532. The first-order chi connectivity index (χ1) is 8.60. The molecule has 2 aromatic rings. The molecule has 0 aliphatic rings. The molecular formula is C15H15Cl2N. The van der Waals surface area contributed by atoms with Crippen molar-refractivity contribution >= 4 is 23.2 Å². The van der Waals surface area contributed by atoms with E-state index in [1.54, 1.807) is 6.07 Å². The molecule has 0 saturated heterocycles. The zero-order chi connectivity index (χ0) is 13.1. The van der Waals surface area contributed by atoms with Crippen LogP contribution >= 0.6 is 23.2 Å². The van der Waals surface area contributed by atoms with E-state index in [2.05, 4.69) is 19.1 Å². The number of rotatable bonds is 3. The minimum absolute atomic E-state index is 0.201. The summed E-state index contributed by atoms with van der Waals surface area (Å²) in [5.74, 6) is 0. The molecule has 2 N–H and O–H groups in total. The van der Waals surface area contributed by atoms with Gasteiger partial charge in [0.2, 0.25) is 0 Å². The lowest BCUT2D eigenvalue weighted by atomic mass is 9.97. The van der Waals surface area contributed by atoms with Gasteiger partial charge in [-0.1, -0.05) is 54.4 Å². The van der Waals surface area contributed by atoms with Gasteiger partial charge < -0.3 is 5.73 Å². The van der Waals surface area contributed by atoms with Gasteiger partial charge in [-0.05, 0) is 41.3 Å². The van der Waals surface area contributed by atoms with E-state index in [4.69, 9.17) is 28.9 Å². The summed E-state index contributed by atoms with van der Waals surface area (Å²) < 4.78 is 0. The standard InChI is InChI=1S/C15H15Cl2N/c1-2-10-4-3-5-11(6-10)15(18)12-7-13(16)9-14(17)8-12/h3-9,15H,2,18H2,1H3. The summed E-state index contributed by atoms with van der Waals surface area (Å²) in [6, 6.07) is 13.5. The lowest BCUT2D eigenvalue weighted by molar-refractivity contribution is 0.867. The van der Waals surface area contributed by atoms with Crippen molar-refractivity contribution in [3.8, 4) is 0 Å². The lowest BCUT2D eigenvalue weighted by Crippen LogP contribution is -2.12. The summed E-state index contributed by atoms with van der Waals surface area (Å²) in [6.45, 7) is 2.13. The first kappa shape index (κ1) is 13.4. The van der Waals surface area contributed by atoms with Gasteiger partial charge in [-0.3, -0.25) is 0 Å². The van der Waals surface area contributed by atoms with Crippen molar-refractivity contribution < 1.29 is 0 Å². The molecule has 2 rings (SSSR count). The molecule has 94 valence electrons. The Morgan fingerprint density at radius 1 is 1.00 bits per heavy atom. The van der Waals surface area contributed by atoms with Crippen molar-refractivity contribution in [1.29, 1.82) is 0 Å². The van der Waals surface area contributed by atoms with Crippen LogP contribution in [0.2, 0.25) is 10.0 Å². The molecular weight excluding hydrogens is 265 g/mol. The second-order valence-electron chi connectivity index (χ2n) is 4.28. The highest BCUT2D eigenvalue weighted by Gasteiger charge is 2.10. The summed E-state index contributed by atoms with van der Waals surface area (Å²) in [5, 5.41) is 1.22. The largest absolute Gasteiger partial charge is 0.320 e. The highest BCUT2D eigenvalue weighted by molar-refractivity contribution is 6.34. The van der Waals surface area contributed by atoms with E-state index in [9.17, 15) is 0 Å². The average molecular weight is 280 g/mol. The normalized spacial score (nSPS) is 12.4. The average Bonchev–Trinajstić information content (AvgIpc) is 2.37. The molecule has 1 nitrogen and oxygen atoms in total. The molecule has 0 amide bonds. The molecule has 0 aliphatic heterocycles. The Kier molecular flexibility index (Phi) is 4.28. The van der Waals surface area contributed by atoms with Crippen molar-refractivity contribution in [3.05, 3.63) is 69.2 Å².